The molecule has 2 aromatic heterocycles. The Balaban J connectivity index is 2.32. The molecule has 6 nitrogen and oxygen atoms in total. The summed E-state index contributed by atoms with van der Waals surface area (Å²) >= 11 is 1.57. The average molecular weight is 281 g/mol. The van der Waals surface area contributed by atoms with Crippen LogP contribution in [0.4, 0.5) is 5.82 Å². The van der Waals surface area contributed by atoms with Gasteiger partial charge in [0.25, 0.3) is 0 Å². The number of hydrogen-bond donors (Lipinski definition) is 2. The molecule has 0 aromatic carbocycles. The second-order valence-electron chi connectivity index (χ2n) is 4.80. The largest absolute Gasteiger partial charge is 0.368 e. The normalized spacial score (nSPS) is 11.4. The van der Waals surface area contributed by atoms with E-state index >= 15 is 0 Å². The SMILES string of the molecule is CC(C)NCc1c(N(C)CC(N)=O)nc2sccn12. The first-order valence-electron chi connectivity index (χ1n) is 6.16. The van der Waals surface area contributed by atoms with Gasteiger partial charge in [-0.05, 0) is 0 Å². The first-order chi connectivity index (χ1) is 8.99. The fourth-order valence-electron chi connectivity index (χ4n) is 1.90. The molecule has 0 radical (unpaired) electrons. The van der Waals surface area contributed by atoms with Crippen LogP contribution in [0.25, 0.3) is 4.96 Å². The molecule has 7 heteroatoms. The quantitative estimate of drug-likeness (QED) is 0.822. The molecule has 2 aromatic rings. The Labute approximate surface area is 116 Å². The Kier molecular flexibility index (Phi) is 4.06. The molecular weight excluding hydrogens is 262 g/mol. The monoisotopic (exact) mass is 281 g/mol. The Bertz CT molecular complexity index is 574. The number of thiazole rings is 1. The number of nitrogens with one attached hydrogen (secondary N) is 1. The molecule has 104 valence electrons. The third-order valence-corrected chi connectivity index (χ3v) is 3.53. The highest BCUT2D eigenvalue weighted by molar-refractivity contribution is 7.15. The molecule has 3 N–H and O–H groups in total. The summed E-state index contributed by atoms with van der Waals surface area (Å²) in [6, 6.07) is 0.387. The molecule has 2 rings (SSSR count). The zero-order valence-corrected chi connectivity index (χ0v) is 12.2. The van der Waals surface area contributed by atoms with E-state index in [2.05, 4.69) is 24.1 Å². The maximum absolute atomic E-state index is 11.0. The number of amides is 1. The molecule has 0 fully saturated rings. The molecule has 0 aliphatic carbocycles. The lowest BCUT2D eigenvalue weighted by molar-refractivity contribution is -0.116. The molecule has 0 aliphatic heterocycles. The first-order valence-corrected chi connectivity index (χ1v) is 7.04. The van der Waals surface area contributed by atoms with E-state index in [0.29, 0.717) is 12.6 Å². The predicted molar refractivity (Wildman–Crippen MR) is 77.5 cm³/mol. The molecular formula is C12H19N5OS. The van der Waals surface area contributed by atoms with Crippen LogP contribution in [0.5, 0.6) is 0 Å². The van der Waals surface area contributed by atoms with Crippen LogP contribution >= 0.6 is 11.3 Å². The number of fused-ring (bicyclic) bond motifs is 1. The van der Waals surface area contributed by atoms with E-state index in [0.717, 1.165) is 16.5 Å². The molecule has 0 saturated heterocycles. The smallest absolute Gasteiger partial charge is 0.236 e. The van der Waals surface area contributed by atoms with Gasteiger partial charge in [-0.15, -0.1) is 11.3 Å². The van der Waals surface area contributed by atoms with Crippen molar-refractivity contribution in [1.82, 2.24) is 14.7 Å². The predicted octanol–water partition coefficient (Wildman–Crippen LogP) is 0.815. The van der Waals surface area contributed by atoms with Gasteiger partial charge < -0.3 is 16.0 Å². The van der Waals surface area contributed by atoms with Crippen LogP contribution in [0.2, 0.25) is 0 Å². The second kappa shape index (κ2) is 5.58. The summed E-state index contributed by atoms with van der Waals surface area (Å²) in [6.45, 7) is 5.06. The molecule has 19 heavy (non-hydrogen) atoms. The topological polar surface area (TPSA) is 75.7 Å². The van der Waals surface area contributed by atoms with Crippen molar-refractivity contribution in [1.29, 1.82) is 0 Å². The van der Waals surface area contributed by atoms with Crippen molar-refractivity contribution >= 4 is 28.0 Å². The van der Waals surface area contributed by atoms with Crippen molar-refractivity contribution in [3.8, 4) is 0 Å². The number of anilines is 1. The van der Waals surface area contributed by atoms with Gasteiger partial charge in [0.1, 0.15) is 0 Å². The number of imidazole rings is 1. The maximum atomic E-state index is 11.0. The minimum atomic E-state index is -0.360. The van der Waals surface area contributed by atoms with Gasteiger partial charge in [0.15, 0.2) is 10.8 Å². The van der Waals surface area contributed by atoms with E-state index in [1.54, 1.807) is 16.2 Å². The zero-order chi connectivity index (χ0) is 14.0. The number of aromatic nitrogens is 2. The summed E-state index contributed by atoms with van der Waals surface area (Å²) in [6.07, 6.45) is 1.99. The maximum Gasteiger partial charge on any atom is 0.236 e. The summed E-state index contributed by atoms with van der Waals surface area (Å²) in [7, 11) is 1.83. The lowest BCUT2D eigenvalue weighted by atomic mass is 10.3. The van der Waals surface area contributed by atoms with Gasteiger partial charge in [0.2, 0.25) is 5.91 Å². The summed E-state index contributed by atoms with van der Waals surface area (Å²) in [5.41, 5.74) is 6.29. The standard InChI is InChI=1S/C12H19N5OS/c1-8(2)14-6-9-11(16(3)7-10(13)18)15-12-17(9)4-5-19-12/h4-5,8,14H,6-7H2,1-3H3,(H2,13,18). The number of likely N-dealkylation sites (N-methyl/N-ethyl adjacent to an activating group) is 1. The minimum absolute atomic E-state index is 0.166. The Morgan fingerprint density at radius 2 is 2.37 bits per heavy atom. The molecule has 0 atom stereocenters. The van der Waals surface area contributed by atoms with Crippen molar-refractivity contribution < 1.29 is 4.79 Å². The molecule has 0 bridgehead atoms. The van der Waals surface area contributed by atoms with Gasteiger partial charge in [0.05, 0.1) is 12.2 Å². The lowest BCUT2D eigenvalue weighted by Crippen LogP contribution is -2.32. The van der Waals surface area contributed by atoms with Crippen LogP contribution in [0.1, 0.15) is 19.5 Å². The van der Waals surface area contributed by atoms with E-state index in [4.69, 9.17) is 5.73 Å². The van der Waals surface area contributed by atoms with Crippen molar-refractivity contribution in [2.45, 2.75) is 26.4 Å². The van der Waals surface area contributed by atoms with Gasteiger partial charge in [0, 0.05) is 31.2 Å². The van der Waals surface area contributed by atoms with E-state index in [9.17, 15) is 4.79 Å². The highest BCUT2D eigenvalue weighted by Gasteiger charge is 2.17. The van der Waals surface area contributed by atoms with Gasteiger partial charge in [-0.2, -0.15) is 0 Å². The highest BCUT2D eigenvalue weighted by Crippen LogP contribution is 2.23. The second-order valence-corrected chi connectivity index (χ2v) is 5.67. The fourth-order valence-corrected chi connectivity index (χ4v) is 2.63. The first kappa shape index (κ1) is 13.8. The number of nitrogens with zero attached hydrogens (tertiary/aromatic N) is 3. The number of hydrogen-bond acceptors (Lipinski definition) is 5. The van der Waals surface area contributed by atoms with Gasteiger partial charge in [-0.3, -0.25) is 9.20 Å². The van der Waals surface area contributed by atoms with Crippen LogP contribution < -0.4 is 16.0 Å². The van der Waals surface area contributed by atoms with Crippen LogP contribution in [0.3, 0.4) is 0 Å². The Morgan fingerprint density at radius 3 is 3.00 bits per heavy atom. The zero-order valence-electron chi connectivity index (χ0n) is 11.4. The van der Waals surface area contributed by atoms with Gasteiger partial charge in [-0.25, -0.2) is 4.98 Å². The summed E-state index contributed by atoms with van der Waals surface area (Å²) < 4.78 is 2.05. The molecule has 2 heterocycles. The number of carbonyl (C=O) groups excluding carboxylic acids is 1. The van der Waals surface area contributed by atoms with E-state index in [1.807, 2.05) is 23.0 Å². The summed E-state index contributed by atoms with van der Waals surface area (Å²) in [5, 5.41) is 5.38. The average Bonchev–Trinajstić information content (AvgIpc) is 2.84. The number of carbonyl (C=O) groups is 1. The van der Waals surface area contributed by atoms with Gasteiger partial charge in [-0.1, -0.05) is 13.8 Å². The lowest BCUT2D eigenvalue weighted by Gasteiger charge is -2.17. The summed E-state index contributed by atoms with van der Waals surface area (Å²) in [4.78, 5) is 18.3. The van der Waals surface area contributed by atoms with E-state index in [-0.39, 0.29) is 12.5 Å². The third-order valence-electron chi connectivity index (χ3n) is 2.77. The molecule has 0 saturated carbocycles. The van der Waals surface area contributed by atoms with Crippen LogP contribution in [-0.4, -0.2) is 34.9 Å². The molecule has 0 aliphatic rings. The number of nitrogens with two attached hydrogens (primary N) is 1. The highest BCUT2D eigenvalue weighted by atomic mass is 32.1. The Hall–Kier alpha value is -1.60. The minimum Gasteiger partial charge on any atom is -0.368 e. The van der Waals surface area contributed by atoms with Crippen LogP contribution in [0.15, 0.2) is 11.6 Å². The summed E-state index contributed by atoms with van der Waals surface area (Å²) in [5.74, 6) is 0.445. The van der Waals surface area contributed by atoms with E-state index in [1.165, 1.54) is 0 Å². The van der Waals surface area contributed by atoms with Crippen molar-refractivity contribution in [2.75, 3.05) is 18.5 Å². The fraction of sp³-hybridized carbons (Fsp3) is 0.500. The molecule has 0 unspecified atom stereocenters. The van der Waals surface area contributed by atoms with Crippen molar-refractivity contribution in [2.24, 2.45) is 5.73 Å². The van der Waals surface area contributed by atoms with Crippen molar-refractivity contribution in [3.05, 3.63) is 17.3 Å². The number of primary amides is 1. The van der Waals surface area contributed by atoms with E-state index < -0.39 is 0 Å². The van der Waals surface area contributed by atoms with Crippen molar-refractivity contribution in [3.63, 3.8) is 0 Å². The number of rotatable bonds is 6. The Morgan fingerprint density at radius 1 is 1.63 bits per heavy atom. The molecule has 1 amide bonds. The molecule has 0 spiro atoms. The van der Waals surface area contributed by atoms with Gasteiger partial charge >= 0.3 is 0 Å². The van der Waals surface area contributed by atoms with Crippen LogP contribution in [-0.2, 0) is 11.3 Å². The third kappa shape index (κ3) is 3.05. The van der Waals surface area contributed by atoms with Crippen LogP contribution in [0, 0.1) is 0 Å².